The van der Waals surface area contributed by atoms with E-state index in [0.29, 0.717) is 37.7 Å². The monoisotopic (exact) mass is 510 g/mol. The molecule has 0 aromatic heterocycles. The van der Waals surface area contributed by atoms with Crippen molar-refractivity contribution in [3.8, 4) is 0 Å². The van der Waals surface area contributed by atoms with Crippen LogP contribution in [0, 0.1) is 11.3 Å². The van der Waals surface area contributed by atoms with Gasteiger partial charge in [-0.2, -0.15) is 0 Å². The number of guanidine groups is 1. The third-order valence-corrected chi connectivity index (χ3v) is 5.44. The SMILES string of the molecule is CCCN(CCNC(=NC)NC1C2CCOC2C1(C)C)C(=O)OC(C)(C)C.I. The summed E-state index contributed by atoms with van der Waals surface area (Å²) >= 11 is 0. The predicted molar refractivity (Wildman–Crippen MR) is 123 cm³/mol. The van der Waals surface area contributed by atoms with E-state index in [1.807, 2.05) is 20.8 Å². The standard InChI is InChI=1S/C20H38N4O3.HI/c1-8-11-24(18(25)27-19(2,3)4)12-10-22-17(21-7)23-15-14-9-13-26-16(14)20(15,5)6;/h14-16H,8-13H2,1-7H3,(H2,21,22,23);1H. The van der Waals surface area contributed by atoms with Crippen LogP contribution >= 0.6 is 24.0 Å². The van der Waals surface area contributed by atoms with Gasteiger partial charge < -0.3 is 25.0 Å². The van der Waals surface area contributed by atoms with Gasteiger partial charge in [-0.05, 0) is 33.6 Å². The van der Waals surface area contributed by atoms with Gasteiger partial charge in [0, 0.05) is 50.7 Å². The maximum atomic E-state index is 12.4. The Morgan fingerprint density at radius 1 is 1.32 bits per heavy atom. The van der Waals surface area contributed by atoms with Gasteiger partial charge in [0.15, 0.2) is 5.96 Å². The molecule has 0 aromatic rings. The topological polar surface area (TPSA) is 75.2 Å². The lowest BCUT2D eigenvalue weighted by Gasteiger charge is -2.54. The lowest BCUT2D eigenvalue weighted by atomic mass is 9.57. The van der Waals surface area contributed by atoms with Crippen LogP contribution in [0.1, 0.15) is 54.4 Å². The minimum Gasteiger partial charge on any atom is -0.444 e. The fraction of sp³-hybridized carbons (Fsp3) is 0.900. The first-order chi connectivity index (χ1) is 12.6. The zero-order valence-electron chi connectivity index (χ0n) is 18.5. The first kappa shape index (κ1) is 25.3. The molecule has 0 radical (unpaired) electrons. The van der Waals surface area contributed by atoms with E-state index in [4.69, 9.17) is 9.47 Å². The van der Waals surface area contributed by atoms with E-state index in [0.717, 1.165) is 25.4 Å². The summed E-state index contributed by atoms with van der Waals surface area (Å²) in [5.74, 6) is 1.33. The summed E-state index contributed by atoms with van der Waals surface area (Å²) in [6, 6.07) is 0.355. The lowest BCUT2D eigenvalue weighted by Crippen LogP contribution is -2.68. The zero-order chi connectivity index (χ0) is 20.2. The summed E-state index contributed by atoms with van der Waals surface area (Å²) in [5.41, 5.74) is -0.382. The number of nitrogens with one attached hydrogen (secondary N) is 2. The molecule has 2 fully saturated rings. The first-order valence-electron chi connectivity index (χ1n) is 10.2. The number of hydrogen-bond donors (Lipinski definition) is 2. The number of aliphatic imine (C=N–C) groups is 1. The quantitative estimate of drug-likeness (QED) is 0.326. The second-order valence-corrected chi connectivity index (χ2v) is 9.15. The van der Waals surface area contributed by atoms with Gasteiger partial charge in [-0.3, -0.25) is 4.99 Å². The molecule has 0 bridgehead atoms. The number of ether oxygens (including phenoxy) is 2. The van der Waals surface area contributed by atoms with Crippen molar-refractivity contribution in [2.75, 3.05) is 33.3 Å². The Morgan fingerprint density at radius 2 is 2.00 bits per heavy atom. The van der Waals surface area contributed by atoms with Crippen molar-refractivity contribution in [2.24, 2.45) is 16.3 Å². The Hall–Kier alpha value is -0.770. The number of carbonyl (C=O) groups is 1. The van der Waals surface area contributed by atoms with Crippen LogP contribution in [0.3, 0.4) is 0 Å². The minimum absolute atomic E-state index is 0. The van der Waals surface area contributed by atoms with Crippen LogP contribution in [0.25, 0.3) is 0 Å². The van der Waals surface area contributed by atoms with Gasteiger partial charge in [0.1, 0.15) is 5.60 Å². The number of rotatable bonds is 6. The maximum Gasteiger partial charge on any atom is 0.410 e. The molecular weight excluding hydrogens is 471 g/mol. The van der Waals surface area contributed by atoms with Crippen LogP contribution in [-0.2, 0) is 9.47 Å². The van der Waals surface area contributed by atoms with Crippen molar-refractivity contribution in [1.82, 2.24) is 15.5 Å². The molecule has 28 heavy (non-hydrogen) atoms. The molecule has 7 nitrogen and oxygen atoms in total. The number of halogens is 1. The normalized spacial score (nSPS) is 25.8. The molecular formula is C20H39IN4O3. The zero-order valence-corrected chi connectivity index (χ0v) is 20.8. The first-order valence-corrected chi connectivity index (χ1v) is 10.2. The number of nitrogens with zero attached hydrogens (tertiary/aromatic N) is 2. The van der Waals surface area contributed by atoms with E-state index in [9.17, 15) is 4.79 Å². The summed E-state index contributed by atoms with van der Waals surface area (Å²) in [4.78, 5) is 18.5. The molecule has 8 heteroatoms. The van der Waals surface area contributed by atoms with Crippen LogP contribution in [0.5, 0.6) is 0 Å². The van der Waals surface area contributed by atoms with Crippen molar-refractivity contribution >= 4 is 36.0 Å². The largest absolute Gasteiger partial charge is 0.444 e. The van der Waals surface area contributed by atoms with E-state index in [1.165, 1.54) is 0 Å². The van der Waals surface area contributed by atoms with E-state index >= 15 is 0 Å². The molecule has 1 aliphatic carbocycles. The molecule has 2 rings (SSSR count). The predicted octanol–water partition coefficient (Wildman–Crippen LogP) is 3.23. The Labute approximate surface area is 187 Å². The van der Waals surface area contributed by atoms with Crippen molar-refractivity contribution in [3.63, 3.8) is 0 Å². The highest BCUT2D eigenvalue weighted by Crippen LogP contribution is 2.52. The molecule has 1 saturated heterocycles. The highest BCUT2D eigenvalue weighted by atomic mass is 127. The molecule has 2 N–H and O–H groups in total. The van der Waals surface area contributed by atoms with Crippen molar-refractivity contribution in [3.05, 3.63) is 0 Å². The van der Waals surface area contributed by atoms with E-state index in [-0.39, 0.29) is 35.5 Å². The third-order valence-electron chi connectivity index (χ3n) is 5.44. The Bertz CT molecular complexity index is 548. The van der Waals surface area contributed by atoms with Crippen LogP contribution in [0.4, 0.5) is 4.79 Å². The van der Waals surface area contributed by atoms with E-state index < -0.39 is 5.60 Å². The molecule has 1 aliphatic heterocycles. The molecule has 1 heterocycles. The van der Waals surface area contributed by atoms with Crippen molar-refractivity contribution < 1.29 is 14.3 Å². The minimum atomic E-state index is -0.482. The fourth-order valence-electron chi connectivity index (χ4n) is 4.16. The molecule has 1 amide bonds. The van der Waals surface area contributed by atoms with Crippen LogP contribution < -0.4 is 10.6 Å². The Morgan fingerprint density at radius 3 is 2.57 bits per heavy atom. The number of amides is 1. The third kappa shape index (κ3) is 6.11. The van der Waals surface area contributed by atoms with Gasteiger partial charge in [0.2, 0.25) is 0 Å². The maximum absolute atomic E-state index is 12.4. The summed E-state index contributed by atoms with van der Waals surface area (Å²) in [7, 11) is 1.78. The molecule has 3 atom stereocenters. The van der Waals surface area contributed by atoms with Crippen molar-refractivity contribution in [2.45, 2.75) is 72.1 Å². The molecule has 0 aromatic carbocycles. The summed E-state index contributed by atoms with van der Waals surface area (Å²) in [6.07, 6.45) is 2.08. The van der Waals surface area contributed by atoms with Gasteiger partial charge in [-0.1, -0.05) is 20.8 Å². The second kappa shape index (κ2) is 10.3. The molecule has 3 unspecified atom stereocenters. The van der Waals surface area contributed by atoms with Gasteiger partial charge in [0.25, 0.3) is 0 Å². The summed E-state index contributed by atoms with van der Waals surface area (Å²) < 4.78 is 11.4. The van der Waals surface area contributed by atoms with E-state index in [1.54, 1.807) is 11.9 Å². The van der Waals surface area contributed by atoms with E-state index in [2.05, 4.69) is 36.4 Å². The van der Waals surface area contributed by atoms with Crippen LogP contribution in [-0.4, -0.2) is 68.0 Å². The van der Waals surface area contributed by atoms with Crippen LogP contribution in [0.2, 0.25) is 0 Å². The molecule has 2 aliphatic rings. The lowest BCUT2D eigenvalue weighted by molar-refractivity contribution is -0.106. The summed E-state index contributed by atoms with van der Waals surface area (Å²) in [6.45, 7) is 14.9. The molecule has 0 spiro atoms. The number of hydrogen-bond acceptors (Lipinski definition) is 4. The fourth-order valence-corrected chi connectivity index (χ4v) is 4.16. The Kier molecular flexibility index (Phi) is 9.31. The van der Waals surface area contributed by atoms with Gasteiger partial charge in [-0.25, -0.2) is 4.79 Å². The second-order valence-electron chi connectivity index (χ2n) is 9.15. The summed E-state index contributed by atoms with van der Waals surface area (Å²) in [5, 5.41) is 6.90. The Balaban J connectivity index is 0.00000392. The van der Waals surface area contributed by atoms with Gasteiger partial charge >= 0.3 is 6.09 Å². The highest BCUT2D eigenvalue weighted by molar-refractivity contribution is 14.0. The average Bonchev–Trinajstić information content (AvgIpc) is 3.02. The van der Waals surface area contributed by atoms with Crippen LogP contribution in [0.15, 0.2) is 4.99 Å². The molecule has 164 valence electrons. The van der Waals surface area contributed by atoms with Gasteiger partial charge in [0.05, 0.1) is 6.10 Å². The van der Waals surface area contributed by atoms with Crippen molar-refractivity contribution in [1.29, 1.82) is 0 Å². The smallest absolute Gasteiger partial charge is 0.410 e. The molecule has 1 saturated carbocycles. The number of carbonyl (C=O) groups excluding carboxylic acids is 1. The van der Waals surface area contributed by atoms with Gasteiger partial charge in [-0.15, -0.1) is 24.0 Å². The average molecular weight is 510 g/mol. The highest BCUT2D eigenvalue weighted by Gasteiger charge is 2.59. The number of fused-ring (bicyclic) bond motifs is 1.